The Morgan fingerprint density at radius 2 is 2.03 bits per heavy atom. The fraction of sp³-hybridized carbons (Fsp3) is 0.609. The highest BCUT2D eigenvalue weighted by Gasteiger charge is 2.34. The summed E-state index contributed by atoms with van der Waals surface area (Å²) in [7, 11) is 1.63. The molecule has 2 fully saturated rings. The molecule has 0 radical (unpaired) electrons. The van der Waals surface area contributed by atoms with E-state index in [1.807, 2.05) is 23.1 Å². The van der Waals surface area contributed by atoms with Crippen LogP contribution in [-0.4, -0.2) is 58.2 Å². The molecule has 2 aliphatic rings. The van der Waals surface area contributed by atoms with Crippen LogP contribution in [0.15, 0.2) is 18.2 Å². The lowest BCUT2D eigenvalue weighted by Gasteiger charge is -2.38. The van der Waals surface area contributed by atoms with Gasteiger partial charge in [-0.2, -0.15) is 0 Å². The standard InChI is InChI=1S/C23H32N4O4/c1-31-18-7-8-19-20(13-18)26-21(25-19)11-16-14-27(10-9-15(16)12-22(28)29)23(30)24-17-5-3-2-4-6-17/h7-8,13,15-17H,2-6,9-12,14H2,1H3,(H,24,30)(H,25,26)(H,28,29). The second-order valence-electron chi connectivity index (χ2n) is 8.91. The predicted molar refractivity (Wildman–Crippen MR) is 117 cm³/mol. The number of imidazole rings is 1. The maximum atomic E-state index is 12.9. The first-order valence-corrected chi connectivity index (χ1v) is 11.3. The highest BCUT2D eigenvalue weighted by atomic mass is 16.5. The lowest BCUT2D eigenvalue weighted by atomic mass is 9.81. The van der Waals surface area contributed by atoms with E-state index in [0.29, 0.717) is 25.9 Å². The number of amides is 2. The number of nitrogens with zero attached hydrogens (tertiary/aromatic N) is 2. The molecular formula is C23H32N4O4. The smallest absolute Gasteiger partial charge is 0.317 e. The average molecular weight is 429 g/mol. The van der Waals surface area contributed by atoms with Gasteiger partial charge in [-0.3, -0.25) is 4.79 Å². The summed E-state index contributed by atoms with van der Waals surface area (Å²) in [5, 5.41) is 12.6. The molecule has 168 valence electrons. The largest absolute Gasteiger partial charge is 0.497 e. The summed E-state index contributed by atoms with van der Waals surface area (Å²) in [6.07, 6.45) is 7.12. The van der Waals surface area contributed by atoms with Crippen LogP contribution >= 0.6 is 0 Å². The van der Waals surface area contributed by atoms with Crippen LogP contribution in [0.4, 0.5) is 4.79 Å². The number of methoxy groups -OCH3 is 1. The number of fused-ring (bicyclic) bond motifs is 1. The zero-order valence-electron chi connectivity index (χ0n) is 18.1. The second-order valence-corrected chi connectivity index (χ2v) is 8.91. The van der Waals surface area contributed by atoms with Crippen LogP contribution in [0.5, 0.6) is 5.75 Å². The number of likely N-dealkylation sites (tertiary alicyclic amines) is 1. The number of piperidine rings is 1. The fourth-order valence-electron chi connectivity index (χ4n) is 5.02. The summed E-state index contributed by atoms with van der Waals surface area (Å²) in [5.41, 5.74) is 1.75. The van der Waals surface area contributed by atoms with E-state index in [2.05, 4.69) is 15.3 Å². The molecule has 1 aliphatic carbocycles. The number of carboxylic acids is 1. The van der Waals surface area contributed by atoms with Crippen molar-refractivity contribution in [2.75, 3.05) is 20.2 Å². The molecule has 8 heteroatoms. The summed E-state index contributed by atoms with van der Waals surface area (Å²) in [5.74, 6) is 0.862. The highest BCUT2D eigenvalue weighted by molar-refractivity contribution is 5.77. The van der Waals surface area contributed by atoms with Gasteiger partial charge in [-0.15, -0.1) is 0 Å². The average Bonchev–Trinajstić information content (AvgIpc) is 3.16. The van der Waals surface area contributed by atoms with E-state index in [9.17, 15) is 14.7 Å². The number of rotatable bonds is 6. The maximum Gasteiger partial charge on any atom is 0.317 e. The van der Waals surface area contributed by atoms with Crippen LogP contribution in [0.25, 0.3) is 11.0 Å². The molecule has 31 heavy (non-hydrogen) atoms. The summed E-state index contributed by atoms with van der Waals surface area (Å²) >= 11 is 0. The van der Waals surface area contributed by atoms with E-state index in [1.54, 1.807) is 7.11 Å². The third kappa shape index (κ3) is 5.29. The number of hydrogen-bond acceptors (Lipinski definition) is 4. The van der Waals surface area contributed by atoms with Crippen molar-refractivity contribution in [3.8, 4) is 5.75 Å². The summed E-state index contributed by atoms with van der Waals surface area (Å²) < 4.78 is 5.28. The zero-order valence-corrected chi connectivity index (χ0v) is 18.1. The van der Waals surface area contributed by atoms with Crippen molar-refractivity contribution < 1.29 is 19.4 Å². The van der Waals surface area contributed by atoms with Gasteiger partial charge in [-0.25, -0.2) is 9.78 Å². The number of carboxylic acid groups (broad SMARTS) is 1. The molecule has 1 saturated heterocycles. The molecule has 2 amide bonds. The van der Waals surface area contributed by atoms with Gasteiger partial charge >= 0.3 is 12.0 Å². The Labute approximate surface area is 182 Å². The number of carbonyl (C=O) groups excluding carboxylic acids is 1. The van der Waals surface area contributed by atoms with E-state index < -0.39 is 5.97 Å². The van der Waals surface area contributed by atoms with E-state index in [1.165, 1.54) is 19.3 Å². The molecule has 4 rings (SSSR count). The van der Waals surface area contributed by atoms with Crippen LogP contribution in [0, 0.1) is 11.8 Å². The van der Waals surface area contributed by atoms with E-state index in [-0.39, 0.29) is 30.3 Å². The molecular weight excluding hydrogens is 396 g/mol. The molecule has 1 aliphatic heterocycles. The Morgan fingerprint density at radius 1 is 1.23 bits per heavy atom. The van der Waals surface area contributed by atoms with Crippen molar-refractivity contribution in [2.24, 2.45) is 11.8 Å². The van der Waals surface area contributed by atoms with Gasteiger partial charge in [-0.05, 0) is 43.2 Å². The number of benzene rings is 1. The Kier molecular flexibility index (Phi) is 6.63. The van der Waals surface area contributed by atoms with Crippen molar-refractivity contribution in [3.05, 3.63) is 24.0 Å². The molecule has 0 spiro atoms. The number of aromatic amines is 1. The van der Waals surface area contributed by atoms with Gasteiger partial charge in [0.2, 0.25) is 0 Å². The van der Waals surface area contributed by atoms with Gasteiger partial charge < -0.3 is 25.0 Å². The minimum absolute atomic E-state index is 0.0139. The Hall–Kier alpha value is -2.77. The second kappa shape index (κ2) is 9.58. The van der Waals surface area contributed by atoms with Crippen molar-refractivity contribution in [1.29, 1.82) is 0 Å². The topological polar surface area (TPSA) is 108 Å². The van der Waals surface area contributed by atoms with E-state index in [0.717, 1.165) is 35.4 Å². The van der Waals surface area contributed by atoms with E-state index >= 15 is 0 Å². The summed E-state index contributed by atoms with van der Waals surface area (Å²) in [6.45, 7) is 1.15. The molecule has 1 saturated carbocycles. The van der Waals surface area contributed by atoms with Crippen molar-refractivity contribution in [2.45, 2.75) is 57.4 Å². The number of carbonyl (C=O) groups is 2. The molecule has 2 aromatic rings. The summed E-state index contributed by atoms with van der Waals surface area (Å²) in [4.78, 5) is 34.2. The minimum Gasteiger partial charge on any atom is -0.497 e. The van der Waals surface area contributed by atoms with Gasteiger partial charge in [-0.1, -0.05) is 19.3 Å². The fourth-order valence-corrected chi connectivity index (χ4v) is 5.02. The molecule has 1 aromatic heterocycles. The van der Waals surface area contributed by atoms with Gasteiger partial charge in [0.25, 0.3) is 0 Å². The number of H-pyrrole nitrogens is 1. The quantitative estimate of drug-likeness (QED) is 0.652. The number of urea groups is 1. The molecule has 2 unspecified atom stereocenters. The minimum atomic E-state index is -0.788. The van der Waals surface area contributed by atoms with Gasteiger partial charge in [0.15, 0.2) is 0 Å². The Balaban J connectivity index is 1.46. The van der Waals surface area contributed by atoms with Crippen molar-refractivity contribution in [1.82, 2.24) is 20.2 Å². The van der Waals surface area contributed by atoms with Crippen molar-refractivity contribution in [3.63, 3.8) is 0 Å². The third-order valence-electron chi connectivity index (χ3n) is 6.74. The first-order valence-electron chi connectivity index (χ1n) is 11.3. The zero-order chi connectivity index (χ0) is 21.8. The van der Waals surface area contributed by atoms with Crippen LogP contribution in [-0.2, 0) is 11.2 Å². The Bertz CT molecular complexity index is 921. The molecule has 1 aromatic carbocycles. The number of ether oxygens (including phenoxy) is 1. The molecule has 8 nitrogen and oxygen atoms in total. The van der Waals surface area contributed by atoms with Gasteiger partial charge in [0.1, 0.15) is 11.6 Å². The lowest BCUT2D eigenvalue weighted by molar-refractivity contribution is -0.139. The van der Waals surface area contributed by atoms with Gasteiger partial charge in [0, 0.05) is 38.0 Å². The van der Waals surface area contributed by atoms with Crippen LogP contribution in [0.3, 0.4) is 0 Å². The maximum absolute atomic E-state index is 12.9. The van der Waals surface area contributed by atoms with E-state index in [4.69, 9.17) is 4.74 Å². The highest BCUT2D eigenvalue weighted by Crippen LogP contribution is 2.30. The van der Waals surface area contributed by atoms with Crippen LogP contribution in [0.1, 0.15) is 50.8 Å². The molecule has 2 heterocycles. The molecule has 3 N–H and O–H groups in total. The van der Waals surface area contributed by atoms with Crippen LogP contribution < -0.4 is 10.1 Å². The lowest BCUT2D eigenvalue weighted by Crippen LogP contribution is -2.51. The first-order chi connectivity index (χ1) is 15.0. The summed E-state index contributed by atoms with van der Waals surface area (Å²) in [6, 6.07) is 5.94. The number of aliphatic carboxylic acids is 1. The Morgan fingerprint density at radius 3 is 2.77 bits per heavy atom. The number of hydrogen-bond donors (Lipinski definition) is 3. The van der Waals surface area contributed by atoms with Crippen molar-refractivity contribution >= 4 is 23.0 Å². The van der Waals surface area contributed by atoms with Crippen LogP contribution in [0.2, 0.25) is 0 Å². The number of aromatic nitrogens is 2. The molecule has 0 bridgehead atoms. The normalized spacial score (nSPS) is 22.4. The molecule has 2 atom stereocenters. The predicted octanol–water partition coefficient (Wildman–Crippen LogP) is 3.57. The monoisotopic (exact) mass is 428 g/mol. The SMILES string of the molecule is COc1ccc2nc(CC3CN(C(=O)NC4CCCCC4)CCC3CC(=O)O)[nH]c2c1. The third-order valence-corrected chi connectivity index (χ3v) is 6.74. The van der Waals surface area contributed by atoms with Gasteiger partial charge in [0.05, 0.1) is 18.1 Å². The first kappa shape index (κ1) is 21.5. The number of nitrogens with one attached hydrogen (secondary N) is 2.